The number of rotatable bonds is 5. The number of allylic oxidation sites excluding steroid dienone is 2. The predicted octanol–water partition coefficient (Wildman–Crippen LogP) is 5.87. The van der Waals surface area contributed by atoms with Crippen LogP contribution in [0, 0.1) is 23.6 Å². The Morgan fingerprint density at radius 1 is 0.891 bits per heavy atom. The van der Waals surface area contributed by atoms with E-state index in [-0.39, 0.29) is 35.9 Å². The van der Waals surface area contributed by atoms with Gasteiger partial charge in [-0.25, -0.2) is 9.29 Å². The normalized spacial score (nSPS) is 30.2. The van der Waals surface area contributed by atoms with Crippen molar-refractivity contribution in [3.63, 3.8) is 0 Å². The highest BCUT2D eigenvalue weighted by molar-refractivity contribution is 6.58. The Morgan fingerprint density at radius 2 is 1.54 bits per heavy atom. The molecule has 0 spiro atoms. The Balaban J connectivity index is 1.39. The average Bonchev–Trinajstić information content (AvgIpc) is 3.39. The molecule has 0 bridgehead atoms. The fourth-order valence-electron chi connectivity index (χ4n) is 7.78. The quantitative estimate of drug-likeness (QED) is 0.208. The second-order valence-electron chi connectivity index (χ2n) is 12.2. The zero-order valence-corrected chi connectivity index (χ0v) is 26.4. The summed E-state index contributed by atoms with van der Waals surface area (Å²) in [4.78, 5) is 54.8. The van der Waals surface area contributed by atoms with E-state index in [4.69, 9.17) is 27.9 Å². The van der Waals surface area contributed by atoms with Crippen molar-refractivity contribution in [2.45, 2.75) is 41.9 Å². The number of nitrogens with zero attached hydrogens (tertiary/aromatic N) is 2. The number of phenols is 1. The van der Waals surface area contributed by atoms with Crippen LogP contribution in [0.25, 0.3) is 0 Å². The van der Waals surface area contributed by atoms with Crippen LogP contribution in [0.2, 0.25) is 0 Å². The molecule has 0 radical (unpaired) electrons. The summed E-state index contributed by atoms with van der Waals surface area (Å²) >= 11 is 14.8. The number of hydrogen-bond donors (Lipinski definition) is 1. The molecular formula is C35H29Cl2FN2O6. The van der Waals surface area contributed by atoms with Gasteiger partial charge in [0.05, 0.1) is 30.3 Å². The second kappa shape index (κ2) is 10.7. The van der Waals surface area contributed by atoms with Crippen LogP contribution in [0.5, 0.6) is 11.5 Å². The number of methoxy groups -OCH3 is 1. The van der Waals surface area contributed by atoms with Crippen molar-refractivity contribution in [1.29, 1.82) is 0 Å². The van der Waals surface area contributed by atoms with Crippen LogP contribution in [0.15, 0.2) is 78.4 Å². The van der Waals surface area contributed by atoms with Crippen LogP contribution in [-0.4, -0.2) is 45.6 Å². The molecule has 1 saturated carbocycles. The number of aryl methyl sites for hydroxylation is 1. The minimum absolute atomic E-state index is 0.0940. The van der Waals surface area contributed by atoms with Crippen molar-refractivity contribution >= 4 is 58.2 Å². The first-order valence-corrected chi connectivity index (χ1v) is 15.8. The maximum Gasteiger partial charge on any atom is 0.258 e. The number of benzene rings is 3. The van der Waals surface area contributed by atoms with E-state index >= 15 is 0 Å². The van der Waals surface area contributed by atoms with E-state index in [1.165, 1.54) is 36.3 Å². The number of ether oxygens (including phenoxy) is 1. The third kappa shape index (κ3) is 4.04. The van der Waals surface area contributed by atoms with Gasteiger partial charge >= 0.3 is 0 Å². The molecule has 3 aromatic rings. The standard InChI is InChI=1S/C35H29Cl2FN2O6/c1-3-18-4-9-21(10-5-18)39-30(42)24-14-13-23-25(28(24)31(39)43)17-34(36)32(44)40(22-11-7-20(38)8-12-22)33(45)35(34,37)29(23)19-6-15-26(41)27(16-19)46-2/h4-13,15-16,24-25,28-29,41H,3,14,17H2,1-2H3. The van der Waals surface area contributed by atoms with Gasteiger partial charge in [-0.3, -0.25) is 24.1 Å². The summed E-state index contributed by atoms with van der Waals surface area (Å²) in [5.41, 5.74) is 2.64. The number of carbonyl (C=O) groups excluding carboxylic acids is 4. The van der Waals surface area contributed by atoms with E-state index in [2.05, 4.69) is 0 Å². The summed E-state index contributed by atoms with van der Waals surface area (Å²) in [6, 6.07) is 16.6. The SMILES string of the molecule is CCc1ccc(N2C(=O)C3CC=C4C(CC5(Cl)C(=O)N(c6ccc(F)cc6)C(=O)C5(Cl)C4c4ccc(O)c(OC)c4)C3C2=O)cc1. The molecule has 2 aliphatic carbocycles. The Labute approximate surface area is 274 Å². The van der Waals surface area contributed by atoms with Crippen LogP contribution in [0.3, 0.4) is 0 Å². The Morgan fingerprint density at radius 3 is 2.20 bits per heavy atom. The van der Waals surface area contributed by atoms with E-state index in [9.17, 15) is 28.7 Å². The molecule has 6 unspecified atom stereocenters. The second-order valence-corrected chi connectivity index (χ2v) is 13.5. The lowest BCUT2D eigenvalue weighted by molar-refractivity contribution is -0.125. The number of alkyl halides is 2. The first kappa shape index (κ1) is 30.4. The first-order chi connectivity index (χ1) is 22.0. The van der Waals surface area contributed by atoms with Gasteiger partial charge in [-0.15, -0.1) is 23.2 Å². The predicted molar refractivity (Wildman–Crippen MR) is 170 cm³/mol. The summed E-state index contributed by atoms with van der Waals surface area (Å²) in [5, 5.41) is 10.4. The van der Waals surface area contributed by atoms with Crippen molar-refractivity contribution in [2.75, 3.05) is 16.9 Å². The molecule has 3 fully saturated rings. The number of anilines is 2. The van der Waals surface area contributed by atoms with Crippen LogP contribution in [0.4, 0.5) is 15.8 Å². The van der Waals surface area contributed by atoms with Gasteiger partial charge < -0.3 is 9.84 Å². The molecule has 4 amide bonds. The van der Waals surface area contributed by atoms with E-state index in [1.807, 2.05) is 25.1 Å². The first-order valence-electron chi connectivity index (χ1n) is 15.0. The number of amides is 4. The summed E-state index contributed by atoms with van der Waals surface area (Å²) in [6.45, 7) is 2.01. The third-order valence-corrected chi connectivity index (χ3v) is 11.4. The minimum atomic E-state index is -2.08. The molecule has 8 nitrogen and oxygen atoms in total. The van der Waals surface area contributed by atoms with Crippen LogP contribution in [-0.2, 0) is 25.6 Å². The van der Waals surface area contributed by atoms with Crippen molar-refractivity contribution in [3.8, 4) is 11.5 Å². The van der Waals surface area contributed by atoms with Crippen LogP contribution in [0.1, 0.15) is 36.8 Å². The number of halogens is 3. The summed E-state index contributed by atoms with van der Waals surface area (Å²) < 4.78 is 19.2. The van der Waals surface area contributed by atoms with Gasteiger partial charge in [0.1, 0.15) is 5.82 Å². The zero-order valence-electron chi connectivity index (χ0n) is 24.9. The summed E-state index contributed by atoms with van der Waals surface area (Å²) in [7, 11) is 1.38. The molecule has 2 aliphatic heterocycles. The third-order valence-electron chi connectivity index (χ3n) is 10.0. The van der Waals surface area contributed by atoms with Crippen molar-refractivity contribution in [2.24, 2.45) is 17.8 Å². The lowest BCUT2D eigenvalue weighted by Gasteiger charge is -2.50. The molecule has 4 aliphatic rings. The van der Waals surface area contributed by atoms with E-state index in [0.29, 0.717) is 16.8 Å². The van der Waals surface area contributed by atoms with Crippen molar-refractivity contribution in [3.05, 3.63) is 95.3 Å². The van der Waals surface area contributed by atoms with Gasteiger partial charge in [0.2, 0.25) is 11.8 Å². The van der Waals surface area contributed by atoms with E-state index in [0.717, 1.165) is 29.0 Å². The summed E-state index contributed by atoms with van der Waals surface area (Å²) in [6.07, 6.45) is 2.65. The highest BCUT2D eigenvalue weighted by Gasteiger charge is 2.76. The van der Waals surface area contributed by atoms with Crippen molar-refractivity contribution < 1.29 is 33.4 Å². The Bertz CT molecular complexity index is 1850. The molecule has 3 aromatic carbocycles. The van der Waals surface area contributed by atoms with Gasteiger partial charge in [-0.1, -0.05) is 36.8 Å². The van der Waals surface area contributed by atoms with E-state index in [1.54, 1.807) is 18.2 Å². The number of carbonyl (C=O) groups is 4. The number of aromatic hydroxyl groups is 1. The molecule has 236 valence electrons. The number of imide groups is 2. The van der Waals surface area contributed by atoms with Gasteiger partial charge in [0.25, 0.3) is 11.8 Å². The average molecular weight is 664 g/mol. The smallest absolute Gasteiger partial charge is 0.258 e. The fourth-order valence-corrected chi connectivity index (χ4v) is 8.72. The number of phenolic OH excluding ortho intramolecular Hbond substituents is 1. The monoisotopic (exact) mass is 662 g/mol. The van der Waals surface area contributed by atoms with Gasteiger partial charge in [-0.2, -0.15) is 0 Å². The largest absolute Gasteiger partial charge is 0.504 e. The van der Waals surface area contributed by atoms with Crippen molar-refractivity contribution in [1.82, 2.24) is 0 Å². The molecule has 2 heterocycles. The van der Waals surface area contributed by atoms with Gasteiger partial charge in [-0.05, 0) is 84.8 Å². The minimum Gasteiger partial charge on any atom is -0.504 e. The number of fused-ring (bicyclic) bond motifs is 4. The molecule has 0 aromatic heterocycles. The summed E-state index contributed by atoms with van der Waals surface area (Å²) in [5.74, 6) is -6.31. The topological polar surface area (TPSA) is 104 Å². The van der Waals surface area contributed by atoms with E-state index < -0.39 is 57.0 Å². The molecular weight excluding hydrogens is 634 g/mol. The highest BCUT2D eigenvalue weighted by Crippen LogP contribution is 2.66. The molecule has 6 atom stereocenters. The van der Waals surface area contributed by atoms with Crippen LogP contribution >= 0.6 is 23.2 Å². The lowest BCUT2D eigenvalue weighted by atomic mass is 9.56. The van der Waals surface area contributed by atoms with Gasteiger partial charge in [0, 0.05) is 5.92 Å². The Kier molecular flexibility index (Phi) is 7.06. The molecule has 11 heteroatoms. The maximum absolute atomic E-state index is 14.4. The highest BCUT2D eigenvalue weighted by atomic mass is 35.5. The lowest BCUT2D eigenvalue weighted by Crippen LogP contribution is -2.60. The molecule has 2 saturated heterocycles. The molecule has 46 heavy (non-hydrogen) atoms. The number of hydrogen-bond acceptors (Lipinski definition) is 6. The Hall–Kier alpha value is -4.21. The maximum atomic E-state index is 14.4. The van der Waals surface area contributed by atoms with Crippen LogP contribution < -0.4 is 14.5 Å². The zero-order chi connectivity index (χ0) is 32.7. The molecule has 7 rings (SSSR count). The fraction of sp³-hybridized carbons (Fsp3) is 0.314. The van der Waals surface area contributed by atoms with Gasteiger partial charge in [0.15, 0.2) is 21.2 Å². The molecule has 1 N–H and O–H groups in total.